The Morgan fingerprint density at radius 3 is 2.50 bits per heavy atom. The van der Waals surface area contributed by atoms with Gasteiger partial charge in [-0.3, -0.25) is 4.79 Å². The fourth-order valence-corrected chi connectivity index (χ4v) is 2.95. The van der Waals surface area contributed by atoms with E-state index in [1.165, 1.54) is 38.8 Å². The fourth-order valence-electron chi connectivity index (χ4n) is 2.95. The number of carbonyl (C=O) groups excluding carboxylic acids is 1. The molecule has 0 aromatic rings. The number of likely N-dealkylation sites (tertiary alicyclic amines) is 1. The highest BCUT2D eigenvalue weighted by Crippen LogP contribution is 2.18. The van der Waals surface area contributed by atoms with Crippen molar-refractivity contribution >= 4 is 30.7 Å². The van der Waals surface area contributed by atoms with Crippen LogP contribution in [0.15, 0.2) is 0 Å². The molecule has 2 N–H and O–H groups in total. The van der Waals surface area contributed by atoms with Gasteiger partial charge in [0, 0.05) is 6.54 Å². The summed E-state index contributed by atoms with van der Waals surface area (Å²) in [5.74, 6) is 1.02. The van der Waals surface area contributed by atoms with Crippen molar-refractivity contribution in [2.24, 2.45) is 5.92 Å². The molecule has 1 atom stereocenters. The van der Waals surface area contributed by atoms with Gasteiger partial charge in [-0.25, -0.2) is 0 Å². The van der Waals surface area contributed by atoms with Crippen LogP contribution in [0.1, 0.15) is 38.5 Å². The minimum Gasteiger partial charge on any atom is -0.355 e. The van der Waals surface area contributed by atoms with E-state index in [4.69, 9.17) is 0 Å². The predicted molar refractivity (Wildman–Crippen MR) is 88.0 cm³/mol. The molecular formula is C14H29Cl2N3O. The van der Waals surface area contributed by atoms with Crippen LogP contribution >= 0.6 is 24.8 Å². The third-order valence-electron chi connectivity index (χ3n) is 4.32. The van der Waals surface area contributed by atoms with Crippen LogP contribution in [0.4, 0.5) is 0 Å². The molecule has 4 nitrogen and oxygen atoms in total. The second-order valence-corrected chi connectivity index (χ2v) is 5.83. The molecule has 1 amide bonds. The van der Waals surface area contributed by atoms with E-state index in [0.717, 1.165) is 31.8 Å². The Bertz CT molecular complexity index is 265. The van der Waals surface area contributed by atoms with Gasteiger partial charge in [-0.1, -0.05) is 6.42 Å². The van der Waals surface area contributed by atoms with Crippen LogP contribution in [0.2, 0.25) is 0 Å². The van der Waals surface area contributed by atoms with Crippen molar-refractivity contribution in [3.05, 3.63) is 0 Å². The number of hydrogen-bond donors (Lipinski definition) is 2. The Hall–Kier alpha value is -0.0300. The van der Waals surface area contributed by atoms with Crippen molar-refractivity contribution in [3.63, 3.8) is 0 Å². The number of nitrogens with zero attached hydrogens (tertiary/aromatic N) is 1. The number of hydrogen-bond acceptors (Lipinski definition) is 3. The standard InChI is InChI=1S/C14H27N3O.2ClH/c1-17-10-6-12(7-11-17)5-9-16-14(18)13-4-2-3-8-15-13;;/h12-13,15H,2-11H2,1H3,(H,16,18);2*1H. The largest absolute Gasteiger partial charge is 0.355 e. The lowest BCUT2D eigenvalue weighted by Crippen LogP contribution is -2.47. The average molecular weight is 326 g/mol. The zero-order chi connectivity index (χ0) is 12.8. The third kappa shape index (κ3) is 6.61. The number of nitrogens with one attached hydrogen (secondary N) is 2. The quantitative estimate of drug-likeness (QED) is 0.828. The third-order valence-corrected chi connectivity index (χ3v) is 4.32. The molecule has 1 unspecified atom stereocenters. The lowest BCUT2D eigenvalue weighted by atomic mass is 9.94. The molecular weight excluding hydrogens is 297 g/mol. The maximum absolute atomic E-state index is 11.9. The molecule has 2 aliphatic heterocycles. The van der Waals surface area contributed by atoms with Crippen LogP contribution in [-0.2, 0) is 4.79 Å². The van der Waals surface area contributed by atoms with E-state index in [0.29, 0.717) is 0 Å². The van der Waals surface area contributed by atoms with Crippen LogP contribution in [0.3, 0.4) is 0 Å². The molecule has 2 fully saturated rings. The maximum Gasteiger partial charge on any atom is 0.237 e. The molecule has 0 saturated carbocycles. The van der Waals surface area contributed by atoms with E-state index in [9.17, 15) is 4.79 Å². The highest BCUT2D eigenvalue weighted by molar-refractivity contribution is 5.85. The SMILES string of the molecule is CN1CCC(CCNC(=O)C2CCCCN2)CC1.Cl.Cl. The smallest absolute Gasteiger partial charge is 0.237 e. The number of carbonyl (C=O) groups is 1. The second-order valence-electron chi connectivity index (χ2n) is 5.83. The van der Waals surface area contributed by atoms with Gasteiger partial charge < -0.3 is 15.5 Å². The van der Waals surface area contributed by atoms with Gasteiger partial charge in [0.15, 0.2) is 0 Å². The van der Waals surface area contributed by atoms with Gasteiger partial charge in [-0.2, -0.15) is 0 Å². The maximum atomic E-state index is 11.9. The predicted octanol–water partition coefficient (Wildman–Crippen LogP) is 1.82. The first-order valence-electron chi connectivity index (χ1n) is 7.45. The van der Waals surface area contributed by atoms with Crippen molar-refractivity contribution in [1.29, 1.82) is 0 Å². The zero-order valence-corrected chi connectivity index (χ0v) is 14.0. The van der Waals surface area contributed by atoms with E-state index < -0.39 is 0 Å². The molecule has 120 valence electrons. The molecule has 2 heterocycles. The lowest BCUT2D eigenvalue weighted by Gasteiger charge is -2.29. The van der Waals surface area contributed by atoms with E-state index in [2.05, 4.69) is 22.6 Å². The van der Waals surface area contributed by atoms with Crippen LogP contribution in [0.5, 0.6) is 0 Å². The molecule has 2 saturated heterocycles. The molecule has 0 aromatic heterocycles. The molecule has 6 heteroatoms. The number of halogens is 2. The summed E-state index contributed by atoms with van der Waals surface area (Å²) in [6.45, 7) is 4.27. The monoisotopic (exact) mass is 325 g/mol. The summed E-state index contributed by atoms with van der Waals surface area (Å²) in [4.78, 5) is 14.3. The average Bonchev–Trinajstić information content (AvgIpc) is 2.42. The number of rotatable bonds is 4. The zero-order valence-electron chi connectivity index (χ0n) is 12.4. The van der Waals surface area contributed by atoms with Crippen molar-refractivity contribution in [2.45, 2.75) is 44.6 Å². The van der Waals surface area contributed by atoms with Gasteiger partial charge in [0.1, 0.15) is 0 Å². The van der Waals surface area contributed by atoms with Gasteiger partial charge in [0.25, 0.3) is 0 Å². The van der Waals surface area contributed by atoms with Crippen molar-refractivity contribution in [1.82, 2.24) is 15.5 Å². The highest BCUT2D eigenvalue weighted by atomic mass is 35.5. The molecule has 0 radical (unpaired) electrons. The second kappa shape index (κ2) is 10.7. The molecule has 2 rings (SSSR count). The molecule has 20 heavy (non-hydrogen) atoms. The summed E-state index contributed by atoms with van der Waals surface area (Å²) < 4.78 is 0. The summed E-state index contributed by atoms with van der Waals surface area (Å²) in [6.07, 6.45) is 7.11. The van der Waals surface area contributed by atoms with E-state index in [1.807, 2.05) is 0 Å². The number of piperidine rings is 2. The molecule has 0 spiro atoms. The topological polar surface area (TPSA) is 44.4 Å². The lowest BCUT2D eigenvalue weighted by molar-refractivity contribution is -0.123. The normalized spacial score (nSPS) is 24.4. The Morgan fingerprint density at radius 2 is 1.90 bits per heavy atom. The summed E-state index contributed by atoms with van der Waals surface area (Å²) in [5, 5.41) is 6.39. The molecule has 2 aliphatic rings. The van der Waals surface area contributed by atoms with Gasteiger partial charge in [0.2, 0.25) is 5.91 Å². The van der Waals surface area contributed by atoms with Crippen molar-refractivity contribution in [3.8, 4) is 0 Å². The first-order valence-corrected chi connectivity index (χ1v) is 7.45. The van der Waals surface area contributed by atoms with Crippen LogP contribution in [0.25, 0.3) is 0 Å². The van der Waals surface area contributed by atoms with Gasteiger partial charge in [-0.05, 0) is 64.7 Å². The first-order chi connectivity index (χ1) is 8.75. The summed E-state index contributed by atoms with van der Waals surface area (Å²) in [6, 6.07) is 0.0660. The van der Waals surface area contributed by atoms with E-state index in [-0.39, 0.29) is 36.8 Å². The molecule has 0 bridgehead atoms. The highest BCUT2D eigenvalue weighted by Gasteiger charge is 2.21. The minimum atomic E-state index is 0. The van der Waals surface area contributed by atoms with Gasteiger partial charge in [-0.15, -0.1) is 24.8 Å². The van der Waals surface area contributed by atoms with E-state index in [1.54, 1.807) is 0 Å². The van der Waals surface area contributed by atoms with Crippen LogP contribution in [-0.4, -0.2) is 50.1 Å². The summed E-state index contributed by atoms with van der Waals surface area (Å²) in [5.41, 5.74) is 0. The van der Waals surface area contributed by atoms with Crippen molar-refractivity contribution in [2.75, 3.05) is 33.2 Å². The van der Waals surface area contributed by atoms with Gasteiger partial charge in [0.05, 0.1) is 6.04 Å². The first kappa shape index (κ1) is 20.0. The minimum absolute atomic E-state index is 0. The Labute approximate surface area is 135 Å². The summed E-state index contributed by atoms with van der Waals surface area (Å²) in [7, 11) is 2.19. The fraction of sp³-hybridized carbons (Fsp3) is 0.929. The molecule has 0 aromatic carbocycles. The van der Waals surface area contributed by atoms with Gasteiger partial charge >= 0.3 is 0 Å². The Kier molecular flexibility index (Phi) is 10.6. The number of amides is 1. The molecule has 0 aliphatic carbocycles. The van der Waals surface area contributed by atoms with Crippen LogP contribution < -0.4 is 10.6 Å². The Balaban J connectivity index is 0.00000180. The summed E-state index contributed by atoms with van der Waals surface area (Å²) >= 11 is 0. The van der Waals surface area contributed by atoms with Crippen molar-refractivity contribution < 1.29 is 4.79 Å². The Morgan fingerprint density at radius 1 is 1.20 bits per heavy atom. The van der Waals surface area contributed by atoms with Crippen LogP contribution in [0, 0.1) is 5.92 Å². The van der Waals surface area contributed by atoms with E-state index >= 15 is 0 Å².